The number of amides is 1. The van der Waals surface area contributed by atoms with Gasteiger partial charge in [0.05, 0.1) is 17.8 Å². The van der Waals surface area contributed by atoms with E-state index in [4.69, 9.17) is 11.6 Å². The van der Waals surface area contributed by atoms with Crippen molar-refractivity contribution in [3.63, 3.8) is 0 Å². The molecule has 6 rings (SSSR count). The fourth-order valence-corrected chi connectivity index (χ4v) is 5.44. The molecule has 10 heteroatoms. The Kier molecular flexibility index (Phi) is 5.05. The van der Waals surface area contributed by atoms with Crippen LogP contribution in [-0.4, -0.2) is 25.5 Å². The number of hydrogen-bond donors (Lipinski definition) is 0. The van der Waals surface area contributed by atoms with Gasteiger partial charge in [0.2, 0.25) is 4.96 Å². The summed E-state index contributed by atoms with van der Waals surface area (Å²) < 4.78 is 2.38. The topological polar surface area (TPSA) is 80.5 Å². The Morgan fingerprint density at radius 1 is 1.06 bits per heavy atom. The zero-order chi connectivity index (χ0) is 23.4. The van der Waals surface area contributed by atoms with Crippen molar-refractivity contribution in [1.29, 1.82) is 0 Å². The van der Waals surface area contributed by atoms with Crippen LogP contribution in [0.2, 0.25) is 5.02 Å². The number of carbonyl (C=O) groups is 1. The van der Waals surface area contributed by atoms with Crippen LogP contribution in [0.3, 0.4) is 0 Å². The molecular formula is C24H13BrClN5O2S. The first-order chi connectivity index (χ1) is 16.5. The van der Waals surface area contributed by atoms with Gasteiger partial charge in [-0.15, -0.1) is 5.10 Å². The number of fused-ring (bicyclic) bond motifs is 2. The van der Waals surface area contributed by atoms with Crippen LogP contribution in [0.15, 0.2) is 76.3 Å². The molecule has 2 aromatic carbocycles. The van der Waals surface area contributed by atoms with Crippen molar-refractivity contribution >= 4 is 61.0 Å². The van der Waals surface area contributed by atoms with Crippen LogP contribution in [0, 0.1) is 0 Å². The van der Waals surface area contributed by atoms with Gasteiger partial charge in [-0.05, 0) is 48.0 Å². The molecule has 0 bridgehead atoms. The monoisotopic (exact) mass is 549 g/mol. The van der Waals surface area contributed by atoms with E-state index in [9.17, 15) is 9.59 Å². The first kappa shape index (κ1) is 21.2. The Bertz CT molecular complexity index is 1700. The van der Waals surface area contributed by atoms with E-state index in [1.54, 1.807) is 35.5 Å². The van der Waals surface area contributed by atoms with Crippen LogP contribution < -0.4 is 15.0 Å². The second-order valence-electron chi connectivity index (χ2n) is 7.66. The Labute approximate surface area is 210 Å². The van der Waals surface area contributed by atoms with Gasteiger partial charge in [-0.2, -0.15) is 9.50 Å². The van der Waals surface area contributed by atoms with Crippen LogP contribution >= 0.6 is 38.9 Å². The summed E-state index contributed by atoms with van der Waals surface area (Å²) in [5.74, 6) is 0.176. The molecule has 0 saturated carbocycles. The van der Waals surface area contributed by atoms with E-state index >= 15 is 0 Å². The minimum atomic E-state index is -0.370. The summed E-state index contributed by atoms with van der Waals surface area (Å²) in [7, 11) is 0. The normalized spacial score (nSPS) is 14.8. The zero-order valence-corrected chi connectivity index (χ0v) is 20.4. The van der Waals surface area contributed by atoms with E-state index in [1.165, 1.54) is 4.52 Å². The molecule has 0 aliphatic carbocycles. The Morgan fingerprint density at radius 2 is 1.88 bits per heavy atom. The van der Waals surface area contributed by atoms with Gasteiger partial charge in [0.25, 0.3) is 11.5 Å². The van der Waals surface area contributed by atoms with Gasteiger partial charge in [-0.25, -0.2) is 0 Å². The molecule has 5 aromatic rings. The molecule has 0 unspecified atom stereocenters. The van der Waals surface area contributed by atoms with Crippen molar-refractivity contribution in [1.82, 2.24) is 19.6 Å². The van der Waals surface area contributed by atoms with Crippen LogP contribution in [0.1, 0.15) is 11.1 Å². The van der Waals surface area contributed by atoms with E-state index < -0.39 is 0 Å². The van der Waals surface area contributed by atoms with Gasteiger partial charge in [0.15, 0.2) is 5.82 Å². The van der Waals surface area contributed by atoms with Crippen LogP contribution in [-0.2, 0) is 11.3 Å². The predicted molar refractivity (Wildman–Crippen MR) is 135 cm³/mol. The number of benzene rings is 2. The molecule has 3 aromatic heterocycles. The highest BCUT2D eigenvalue weighted by molar-refractivity contribution is 9.10. The lowest BCUT2D eigenvalue weighted by Crippen LogP contribution is -2.32. The van der Waals surface area contributed by atoms with E-state index in [2.05, 4.69) is 31.0 Å². The van der Waals surface area contributed by atoms with Crippen molar-refractivity contribution in [3.8, 4) is 11.4 Å². The van der Waals surface area contributed by atoms with Crippen molar-refractivity contribution in [2.75, 3.05) is 4.90 Å². The molecule has 0 spiro atoms. The van der Waals surface area contributed by atoms with Gasteiger partial charge in [-0.3, -0.25) is 14.6 Å². The van der Waals surface area contributed by atoms with Gasteiger partial charge in [-0.1, -0.05) is 51.0 Å². The third-order valence-electron chi connectivity index (χ3n) is 5.54. The molecule has 0 saturated heterocycles. The number of thiazole rings is 1. The Hall–Kier alpha value is -3.40. The van der Waals surface area contributed by atoms with E-state index in [0.717, 1.165) is 27.1 Å². The Morgan fingerprint density at radius 3 is 2.62 bits per heavy atom. The number of nitrogens with zero attached hydrogens (tertiary/aromatic N) is 5. The predicted octanol–water partition coefficient (Wildman–Crippen LogP) is 4.09. The quantitative estimate of drug-likeness (QED) is 0.338. The highest BCUT2D eigenvalue weighted by atomic mass is 79.9. The van der Waals surface area contributed by atoms with Crippen LogP contribution in [0.4, 0.5) is 5.69 Å². The summed E-state index contributed by atoms with van der Waals surface area (Å²) in [6, 6.07) is 16.6. The lowest BCUT2D eigenvalue weighted by atomic mass is 10.1. The number of hydrogen-bond acceptors (Lipinski definition) is 6. The van der Waals surface area contributed by atoms with Crippen molar-refractivity contribution in [2.45, 2.75) is 6.54 Å². The Balaban J connectivity index is 1.51. The molecule has 0 radical (unpaired) electrons. The largest absolute Gasteiger partial charge is 0.303 e. The molecule has 0 atom stereocenters. The van der Waals surface area contributed by atoms with Crippen LogP contribution in [0.25, 0.3) is 21.9 Å². The zero-order valence-electron chi connectivity index (χ0n) is 17.3. The molecule has 34 heavy (non-hydrogen) atoms. The fourth-order valence-electron chi connectivity index (χ4n) is 3.95. The highest BCUT2D eigenvalue weighted by Gasteiger charge is 2.34. The number of halogens is 2. The van der Waals surface area contributed by atoms with Crippen molar-refractivity contribution < 1.29 is 4.79 Å². The lowest BCUT2D eigenvalue weighted by Gasteiger charge is -2.17. The summed E-state index contributed by atoms with van der Waals surface area (Å²) in [6.45, 7) is 0.355. The first-order valence-electron chi connectivity index (χ1n) is 10.2. The molecule has 1 aliphatic rings. The number of pyridine rings is 1. The van der Waals surface area contributed by atoms with Crippen LogP contribution in [0.5, 0.6) is 0 Å². The molecule has 1 amide bonds. The average molecular weight is 551 g/mol. The smallest absolute Gasteiger partial charge is 0.291 e. The molecule has 1 aliphatic heterocycles. The third kappa shape index (κ3) is 3.44. The average Bonchev–Trinajstić information content (AvgIpc) is 3.47. The maximum absolute atomic E-state index is 13.6. The molecule has 0 N–H and O–H groups in total. The fraction of sp³-hybridized carbons (Fsp3) is 0.0417. The minimum absolute atomic E-state index is 0.239. The summed E-state index contributed by atoms with van der Waals surface area (Å²) in [4.78, 5) is 37.7. The van der Waals surface area contributed by atoms with Crippen molar-refractivity contribution in [2.24, 2.45) is 0 Å². The number of anilines is 1. The summed E-state index contributed by atoms with van der Waals surface area (Å²) in [6.07, 6.45) is 3.30. The van der Waals surface area contributed by atoms with E-state index in [0.29, 0.717) is 43.6 Å². The molecular weight excluding hydrogens is 538 g/mol. The lowest BCUT2D eigenvalue weighted by molar-refractivity contribution is -0.113. The standard InChI is InChI=1S/C24H13BrClN5O2S/c25-15-5-8-18-17(10-15)19(22(32)30(18)12-13-3-6-16(26)7-4-13)20-23(33)31-24(34-20)28-21(29-31)14-2-1-9-27-11-14/h1-11H,12H2. The van der Waals surface area contributed by atoms with E-state index in [1.807, 2.05) is 36.4 Å². The third-order valence-corrected chi connectivity index (χ3v) is 7.31. The maximum Gasteiger partial charge on any atom is 0.291 e. The van der Waals surface area contributed by atoms with Gasteiger partial charge < -0.3 is 4.90 Å². The summed E-state index contributed by atoms with van der Waals surface area (Å²) in [5, 5.41) is 5.00. The van der Waals surface area contributed by atoms with E-state index in [-0.39, 0.29) is 11.5 Å². The van der Waals surface area contributed by atoms with Gasteiger partial charge >= 0.3 is 0 Å². The highest BCUT2D eigenvalue weighted by Crippen LogP contribution is 2.38. The SMILES string of the molecule is O=C1C(=c2sc3nc(-c4cccnc4)nn3c2=O)c2cc(Br)ccc2N1Cc1ccc(Cl)cc1. The van der Waals surface area contributed by atoms with Gasteiger partial charge in [0, 0.05) is 33.0 Å². The molecule has 4 heterocycles. The summed E-state index contributed by atoms with van der Waals surface area (Å²) >= 11 is 10.7. The second kappa shape index (κ2) is 8.12. The molecule has 7 nitrogen and oxygen atoms in total. The number of carbonyl (C=O) groups excluding carboxylic acids is 1. The number of rotatable bonds is 3. The summed E-state index contributed by atoms with van der Waals surface area (Å²) in [5.41, 5.74) is 3.07. The van der Waals surface area contributed by atoms with Gasteiger partial charge in [0.1, 0.15) is 4.53 Å². The maximum atomic E-state index is 13.6. The van der Waals surface area contributed by atoms with Crippen molar-refractivity contribution in [3.05, 3.63) is 102 Å². The first-order valence-corrected chi connectivity index (χ1v) is 12.2. The molecule has 0 fully saturated rings. The second-order valence-corrected chi connectivity index (χ2v) is 9.99. The minimum Gasteiger partial charge on any atom is -0.303 e. The number of aromatic nitrogens is 4. The molecule has 166 valence electrons.